The molecule has 1 aliphatic heterocycles. The number of nitrogens with two attached hydrogens (primary N) is 1. The quantitative estimate of drug-likeness (QED) is 0.655. The van der Waals surface area contributed by atoms with Gasteiger partial charge >= 0.3 is 11.9 Å². The Bertz CT molecular complexity index is 1120. The molecule has 1 saturated heterocycles. The molecule has 2 N–H and O–H groups in total. The van der Waals surface area contributed by atoms with E-state index >= 15 is 0 Å². The molecular weight excluding hydrogens is 421 g/mol. The van der Waals surface area contributed by atoms with E-state index in [0.717, 1.165) is 44.0 Å². The number of hydrogen-bond acceptors (Lipinski definition) is 5. The van der Waals surface area contributed by atoms with Crippen LogP contribution in [0.25, 0.3) is 5.69 Å². The van der Waals surface area contributed by atoms with Gasteiger partial charge in [0.05, 0.1) is 17.8 Å². The van der Waals surface area contributed by atoms with Crippen molar-refractivity contribution in [1.82, 2.24) is 19.2 Å². The summed E-state index contributed by atoms with van der Waals surface area (Å²) in [5.41, 5.74) is 6.65. The first-order valence-corrected chi connectivity index (χ1v) is 10.1. The van der Waals surface area contributed by atoms with Gasteiger partial charge in [0.1, 0.15) is 6.33 Å². The van der Waals surface area contributed by atoms with Gasteiger partial charge in [-0.1, -0.05) is 12.1 Å². The van der Waals surface area contributed by atoms with E-state index in [2.05, 4.69) is 14.9 Å². The van der Waals surface area contributed by atoms with Crippen molar-refractivity contribution in [2.75, 3.05) is 31.1 Å². The maximum absolute atomic E-state index is 12.7. The SMILES string of the molecule is N/C=C/N1CCN(c2ccc(-n3cnn(Cc4ccc(C(F)(F)F)cc4)c3=O)cc2)CC1. The van der Waals surface area contributed by atoms with E-state index in [1.807, 2.05) is 30.5 Å². The fraction of sp³-hybridized carbons (Fsp3) is 0.273. The molecule has 0 atom stereocenters. The fourth-order valence-electron chi connectivity index (χ4n) is 3.67. The highest BCUT2D eigenvalue weighted by Crippen LogP contribution is 2.29. The van der Waals surface area contributed by atoms with E-state index in [0.29, 0.717) is 11.3 Å². The molecule has 0 spiro atoms. The summed E-state index contributed by atoms with van der Waals surface area (Å²) in [6, 6.07) is 12.3. The average Bonchev–Trinajstić information content (AvgIpc) is 3.14. The van der Waals surface area contributed by atoms with Gasteiger partial charge in [0.15, 0.2) is 0 Å². The van der Waals surface area contributed by atoms with E-state index in [1.165, 1.54) is 27.7 Å². The Morgan fingerprint density at radius 1 is 0.938 bits per heavy atom. The summed E-state index contributed by atoms with van der Waals surface area (Å²) in [6.07, 6.45) is 0.451. The van der Waals surface area contributed by atoms with Gasteiger partial charge in [-0.15, -0.1) is 0 Å². The summed E-state index contributed by atoms with van der Waals surface area (Å²) in [5.74, 6) is 0. The molecule has 1 fully saturated rings. The summed E-state index contributed by atoms with van der Waals surface area (Å²) in [7, 11) is 0. The van der Waals surface area contributed by atoms with Crippen LogP contribution < -0.4 is 16.3 Å². The average molecular weight is 444 g/mol. The smallest absolute Gasteiger partial charge is 0.403 e. The van der Waals surface area contributed by atoms with Crippen LogP contribution in [0.3, 0.4) is 0 Å². The second-order valence-electron chi connectivity index (χ2n) is 7.52. The van der Waals surface area contributed by atoms with Crippen molar-refractivity contribution in [1.29, 1.82) is 0 Å². The van der Waals surface area contributed by atoms with Crippen LogP contribution in [0, 0.1) is 0 Å². The molecule has 7 nitrogen and oxygen atoms in total. The van der Waals surface area contributed by atoms with Crippen molar-refractivity contribution in [3.8, 4) is 5.69 Å². The topological polar surface area (TPSA) is 72.3 Å². The maximum Gasteiger partial charge on any atom is 0.416 e. The van der Waals surface area contributed by atoms with Crippen LogP contribution in [0.15, 0.2) is 72.1 Å². The summed E-state index contributed by atoms with van der Waals surface area (Å²) in [4.78, 5) is 17.2. The van der Waals surface area contributed by atoms with Crippen LogP contribution in [-0.4, -0.2) is 45.4 Å². The zero-order valence-electron chi connectivity index (χ0n) is 17.2. The molecule has 0 saturated carbocycles. The zero-order chi connectivity index (χ0) is 22.7. The van der Waals surface area contributed by atoms with Crippen molar-refractivity contribution in [2.24, 2.45) is 5.73 Å². The van der Waals surface area contributed by atoms with Crippen molar-refractivity contribution in [3.05, 3.63) is 88.9 Å². The van der Waals surface area contributed by atoms with E-state index < -0.39 is 11.7 Å². The van der Waals surface area contributed by atoms with Crippen molar-refractivity contribution in [2.45, 2.75) is 12.7 Å². The summed E-state index contributed by atoms with van der Waals surface area (Å²) >= 11 is 0. The van der Waals surface area contributed by atoms with E-state index in [-0.39, 0.29) is 12.2 Å². The number of hydrogen-bond donors (Lipinski definition) is 1. The largest absolute Gasteiger partial charge is 0.416 e. The lowest BCUT2D eigenvalue weighted by molar-refractivity contribution is -0.137. The molecule has 0 amide bonds. The molecule has 0 aliphatic carbocycles. The highest BCUT2D eigenvalue weighted by Gasteiger charge is 2.30. The zero-order valence-corrected chi connectivity index (χ0v) is 17.2. The molecular formula is C22H23F3N6O. The van der Waals surface area contributed by atoms with Crippen LogP contribution in [0.5, 0.6) is 0 Å². The lowest BCUT2D eigenvalue weighted by Gasteiger charge is -2.35. The second-order valence-corrected chi connectivity index (χ2v) is 7.52. The number of nitrogens with zero attached hydrogens (tertiary/aromatic N) is 5. The molecule has 168 valence electrons. The van der Waals surface area contributed by atoms with E-state index in [9.17, 15) is 18.0 Å². The van der Waals surface area contributed by atoms with Crippen LogP contribution >= 0.6 is 0 Å². The molecule has 10 heteroatoms. The minimum Gasteiger partial charge on any atom is -0.403 e. The van der Waals surface area contributed by atoms with Gasteiger partial charge in [-0.05, 0) is 42.0 Å². The normalized spacial score (nSPS) is 15.0. The number of anilines is 1. The van der Waals surface area contributed by atoms with Crippen LogP contribution in [0.1, 0.15) is 11.1 Å². The molecule has 2 heterocycles. The third kappa shape index (κ3) is 4.63. The summed E-state index contributed by atoms with van der Waals surface area (Å²) in [5, 5.41) is 4.11. The Hall–Kier alpha value is -3.69. The standard InChI is InChI=1S/C22H23F3N6O/c23-22(24,25)18-3-1-17(2-4-18)15-31-21(32)30(16-27-31)20-7-5-19(6-8-20)29-13-11-28(10-9-26)12-14-29/h1-10,16H,11-15,26H2/b10-9+. The number of piperazine rings is 1. The minimum atomic E-state index is -4.39. The lowest BCUT2D eigenvalue weighted by atomic mass is 10.1. The Kier molecular flexibility index (Phi) is 5.93. The van der Waals surface area contributed by atoms with Crippen LogP contribution in [0.4, 0.5) is 18.9 Å². The predicted octanol–water partition coefficient (Wildman–Crippen LogP) is 2.65. The number of aromatic nitrogens is 3. The van der Waals surface area contributed by atoms with Gasteiger partial charge in [0.25, 0.3) is 0 Å². The predicted molar refractivity (Wildman–Crippen MR) is 115 cm³/mol. The monoisotopic (exact) mass is 444 g/mol. The number of alkyl halides is 3. The maximum atomic E-state index is 12.7. The van der Waals surface area contributed by atoms with Gasteiger partial charge in [-0.25, -0.2) is 14.0 Å². The van der Waals surface area contributed by atoms with Gasteiger partial charge in [0.2, 0.25) is 0 Å². The molecule has 0 radical (unpaired) electrons. The molecule has 3 aromatic rings. The number of halogens is 3. The first-order chi connectivity index (χ1) is 15.3. The Morgan fingerprint density at radius 3 is 2.16 bits per heavy atom. The molecule has 1 aliphatic rings. The number of rotatable bonds is 5. The lowest BCUT2D eigenvalue weighted by Crippen LogP contribution is -2.44. The summed E-state index contributed by atoms with van der Waals surface area (Å²) < 4.78 is 40.8. The molecule has 4 rings (SSSR count). The van der Waals surface area contributed by atoms with Crippen LogP contribution in [-0.2, 0) is 12.7 Å². The molecule has 1 aromatic heterocycles. The molecule has 0 unspecified atom stereocenters. The Labute approximate surface area is 182 Å². The van der Waals surface area contributed by atoms with Crippen molar-refractivity contribution >= 4 is 5.69 Å². The highest BCUT2D eigenvalue weighted by molar-refractivity contribution is 5.51. The fourth-order valence-corrected chi connectivity index (χ4v) is 3.67. The molecule has 32 heavy (non-hydrogen) atoms. The van der Waals surface area contributed by atoms with E-state index in [4.69, 9.17) is 5.73 Å². The van der Waals surface area contributed by atoms with Gasteiger partial charge in [-0.3, -0.25) is 0 Å². The van der Waals surface area contributed by atoms with Crippen molar-refractivity contribution in [3.63, 3.8) is 0 Å². The van der Waals surface area contributed by atoms with Crippen LogP contribution in [0.2, 0.25) is 0 Å². The minimum absolute atomic E-state index is 0.0869. The number of benzene rings is 2. The highest BCUT2D eigenvalue weighted by atomic mass is 19.4. The second kappa shape index (κ2) is 8.81. The van der Waals surface area contributed by atoms with Crippen molar-refractivity contribution < 1.29 is 13.2 Å². The van der Waals surface area contributed by atoms with Gasteiger partial charge in [0, 0.05) is 44.3 Å². The summed E-state index contributed by atoms with van der Waals surface area (Å²) in [6.45, 7) is 3.59. The Balaban J connectivity index is 1.45. The molecule has 2 aromatic carbocycles. The first-order valence-electron chi connectivity index (χ1n) is 10.1. The van der Waals surface area contributed by atoms with E-state index in [1.54, 1.807) is 6.20 Å². The third-order valence-electron chi connectivity index (χ3n) is 5.45. The molecule has 0 bridgehead atoms. The van der Waals surface area contributed by atoms with Gasteiger partial charge in [-0.2, -0.15) is 18.3 Å². The first kappa shape index (κ1) is 21.5. The van der Waals surface area contributed by atoms with Gasteiger partial charge < -0.3 is 15.5 Å². The Morgan fingerprint density at radius 2 is 1.56 bits per heavy atom. The third-order valence-corrected chi connectivity index (χ3v) is 5.45.